The first kappa shape index (κ1) is 9.92. The van der Waals surface area contributed by atoms with E-state index < -0.39 is 0 Å². The van der Waals surface area contributed by atoms with Gasteiger partial charge in [-0.25, -0.2) is 4.98 Å². The number of pyridine rings is 1. The highest BCUT2D eigenvalue weighted by atomic mass is 35.5. The lowest BCUT2D eigenvalue weighted by atomic mass is 10.4. The minimum atomic E-state index is 0.470. The molecule has 5 nitrogen and oxygen atoms in total. The molecule has 0 saturated carbocycles. The molecule has 0 aromatic carbocycles. The SMILES string of the molecule is Cn1cnnc1CNc1ccnc(Cl)c1. The van der Waals surface area contributed by atoms with Gasteiger partial charge in [-0.15, -0.1) is 10.2 Å². The van der Waals surface area contributed by atoms with Crippen LogP contribution in [0.2, 0.25) is 5.15 Å². The number of anilines is 1. The lowest BCUT2D eigenvalue weighted by Crippen LogP contribution is -2.05. The summed E-state index contributed by atoms with van der Waals surface area (Å²) in [5, 5.41) is 11.4. The van der Waals surface area contributed by atoms with Gasteiger partial charge in [0.2, 0.25) is 0 Å². The number of hydrogen-bond donors (Lipinski definition) is 1. The van der Waals surface area contributed by atoms with Crippen LogP contribution in [0, 0.1) is 0 Å². The molecule has 0 bridgehead atoms. The fourth-order valence-electron chi connectivity index (χ4n) is 1.16. The Bertz CT molecular complexity index is 453. The van der Waals surface area contributed by atoms with Crippen molar-refractivity contribution in [3.05, 3.63) is 35.6 Å². The van der Waals surface area contributed by atoms with Gasteiger partial charge in [-0.3, -0.25) is 0 Å². The van der Waals surface area contributed by atoms with E-state index in [-0.39, 0.29) is 0 Å². The standard InChI is InChI=1S/C9H10ClN5/c1-15-6-13-14-9(15)5-12-7-2-3-11-8(10)4-7/h2-4,6H,5H2,1H3,(H,11,12). The number of halogens is 1. The van der Waals surface area contributed by atoms with E-state index in [9.17, 15) is 0 Å². The zero-order chi connectivity index (χ0) is 10.7. The van der Waals surface area contributed by atoms with Crippen molar-refractivity contribution in [1.29, 1.82) is 0 Å². The Morgan fingerprint density at radius 3 is 3.07 bits per heavy atom. The highest BCUT2D eigenvalue weighted by Gasteiger charge is 2.00. The van der Waals surface area contributed by atoms with E-state index in [2.05, 4.69) is 20.5 Å². The molecule has 0 saturated heterocycles. The minimum absolute atomic E-state index is 0.470. The molecule has 0 atom stereocenters. The van der Waals surface area contributed by atoms with Crippen LogP contribution in [0.5, 0.6) is 0 Å². The molecule has 78 valence electrons. The van der Waals surface area contributed by atoms with Crippen molar-refractivity contribution in [2.24, 2.45) is 7.05 Å². The Labute approximate surface area is 92.1 Å². The van der Waals surface area contributed by atoms with Crippen molar-refractivity contribution in [1.82, 2.24) is 19.7 Å². The molecule has 0 spiro atoms. The second kappa shape index (κ2) is 4.27. The molecule has 0 amide bonds. The summed E-state index contributed by atoms with van der Waals surface area (Å²) in [5.41, 5.74) is 0.915. The molecule has 2 heterocycles. The molecule has 0 unspecified atom stereocenters. The van der Waals surface area contributed by atoms with E-state index in [0.717, 1.165) is 11.5 Å². The Morgan fingerprint density at radius 2 is 2.40 bits per heavy atom. The first-order valence-electron chi connectivity index (χ1n) is 4.44. The molecule has 0 aliphatic heterocycles. The molecule has 2 aromatic heterocycles. The van der Waals surface area contributed by atoms with Gasteiger partial charge < -0.3 is 9.88 Å². The number of aryl methyl sites for hydroxylation is 1. The highest BCUT2D eigenvalue weighted by Crippen LogP contribution is 2.12. The molecule has 1 N–H and O–H groups in total. The largest absolute Gasteiger partial charge is 0.378 e. The van der Waals surface area contributed by atoms with Crippen LogP contribution < -0.4 is 5.32 Å². The van der Waals surface area contributed by atoms with Crippen molar-refractivity contribution in [2.45, 2.75) is 6.54 Å². The molecule has 0 aliphatic rings. The summed E-state index contributed by atoms with van der Waals surface area (Å²) in [6.45, 7) is 0.608. The number of hydrogen-bond acceptors (Lipinski definition) is 4. The Hall–Kier alpha value is -1.62. The van der Waals surface area contributed by atoms with Gasteiger partial charge in [0.15, 0.2) is 5.82 Å². The second-order valence-electron chi connectivity index (χ2n) is 3.08. The smallest absolute Gasteiger partial charge is 0.151 e. The molecular weight excluding hydrogens is 214 g/mol. The van der Waals surface area contributed by atoms with Gasteiger partial charge in [-0.05, 0) is 12.1 Å². The molecule has 6 heteroatoms. The van der Waals surface area contributed by atoms with Crippen LogP contribution in [0.4, 0.5) is 5.69 Å². The van der Waals surface area contributed by atoms with Crippen LogP contribution in [0.15, 0.2) is 24.7 Å². The average molecular weight is 224 g/mol. The predicted octanol–water partition coefficient (Wildman–Crippen LogP) is 1.48. The number of aromatic nitrogens is 4. The fourth-order valence-corrected chi connectivity index (χ4v) is 1.33. The van der Waals surface area contributed by atoms with Gasteiger partial charge in [0.05, 0.1) is 6.54 Å². The highest BCUT2D eigenvalue weighted by molar-refractivity contribution is 6.29. The summed E-state index contributed by atoms with van der Waals surface area (Å²) in [6, 6.07) is 3.61. The lowest BCUT2D eigenvalue weighted by molar-refractivity contribution is 0.812. The van der Waals surface area contributed by atoms with Crippen LogP contribution in [-0.2, 0) is 13.6 Å². The van der Waals surface area contributed by atoms with Gasteiger partial charge >= 0.3 is 0 Å². The third-order valence-electron chi connectivity index (χ3n) is 1.98. The molecule has 0 fully saturated rings. The molecule has 0 radical (unpaired) electrons. The van der Waals surface area contributed by atoms with Crippen LogP contribution in [0.3, 0.4) is 0 Å². The van der Waals surface area contributed by atoms with Crippen molar-refractivity contribution >= 4 is 17.3 Å². The van der Waals surface area contributed by atoms with Crippen LogP contribution in [0.25, 0.3) is 0 Å². The van der Waals surface area contributed by atoms with Gasteiger partial charge in [-0.1, -0.05) is 11.6 Å². The number of nitrogens with one attached hydrogen (secondary N) is 1. The summed E-state index contributed by atoms with van der Waals surface area (Å²) < 4.78 is 1.86. The monoisotopic (exact) mass is 223 g/mol. The third-order valence-corrected chi connectivity index (χ3v) is 2.19. The van der Waals surface area contributed by atoms with Crippen LogP contribution in [-0.4, -0.2) is 19.7 Å². The lowest BCUT2D eigenvalue weighted by Gasteiger charge is -2.05. The van der Waals surface area contributed by atoms with E-state index in [0.29, 0.717) is 11.7 Å². The molecular formula is C9H10ClN5. The maximum atomic E-state index is 5.75. The third kappa shape index (κ3) is 2.44. The summed E-state index contributed by atoms with van der Waals surface area (Å²) in [4.78, 5) is 3.89. The van der Waals surface area contributed by atoms with E-state index in [4.69, 9.17) is 11.6 Å². The van der Waals surface area contributed by atoms with Crippen LogP contribution >= 0.6 is 11.6 Å². The van der Waals surface area contributed by atoms with E-state index in [1.165, 1.54) is 0 Å². The normalized spacial score (nSPS) is 10.3. The first-order chi connectivity index (χ1) is 7.25. The molecule has 2 rings (SSSR count). The molecule has 2 aromatic rings. The Balaban J connectivity index is 2.02. The van der Waals surface area contributed by atoms with Crippen molar-refractivity contribution in [2.75, 3.05) is 5.32 Å². The summed E-state index contributed by atoms with van der Waals surface area (Å²) in [6.07, 6.45) is 3.32. The summed E-state index contributed by atoms with van der Waals surface area (Å²) in [5.74, 6) is 0.864. The predicted molar refractivity (Wildman–Crippen MR) is 57.6 cm³/mol. The summed E-state index contributed by atoms with van der Waals surface area (Å²) in [7, 11) is 1.90. The second-order valence-corrected chi connectivity index (χ2v) is 3.47. The minimum Gasteiger partial charge on any atom is -0.378 e. The van der Waals surface area contributed by atoms with Gasteiger partial charge in [0, 0.05) is 18.9 Å². The quantitative estimate of drug-likeness (QED) is 0.801. The van der Waals surface area contributed by atoms with E-state index >= 15 is 0 Å². The first-order valence-corrected chi connectivity index (χ1v) is 4.82. The number of nitrogens with zero attached hydrogens (tertiary/aromatic N) is 4. The van der Waals surface area contributed by atoms with E-state index in [1.807, 2.05) is 17.7 Å². The maximum absolute atomic E-state index is 5.75. The zero-order valence-corrected chi connectivity index (χ0v) is 8.94. The molecule has 0 aliphatic carbocycles. The number of rotatable bonds is 3. The van der Waals surface area contributed by atoms with Gasteiger partial charge in [0.1, 0.15) is 11.5 Å². The topological polar surface area (TPSA) is 55.6 Å². The van der Waals surface area contributed by atoms with Crippen molar-refractivity contribution < 1.29 is 0 Å². The molecule has 15 heavy (non-hydrogen) atoms. The van der Waals surface area contributed by atoms with Crippen molar-refractivity contribution in [3.63, 3.8) is 0 Å². The fraction of sp³-hybridized carbons (Fsp3) is 0.222. The van der Waals surface area contributed by atoms with Gasteiger partial charge in [-0.2, -0.15) is 0 Å². The van der Waals surface area contributed by atoms with E-state index in [1.54, 1.807) is 18.6 Å². The summed E-state index contributed by atoms with van der Waals surface area (Å²) >= 11 is 5.75. The Morgan fingerprint density at radius 1 is 1.53 bits per heavy atom. The maximum Gasteiger partial charge on any atom is 0.151 e. The van der Waals surface area contributed by atoms with Crippen molar-refractivity contribution in [3.8, 4) is 0 Å². The average Bonchev–Trinajstić information content (AvgIpc) is 2.61. The van der Waals surface area contributed by atoms with Gasteiger partial charge in [0.25, 0.3) is 0 Å². The van der Waals surface area contributed by atoms with Crippen LogP contribution in [0.1, 0.15) is 5.82 Å². The zero-order valence-electron chi connectivity index (χ0n) is 8.18. The Kier molecular flexibility index (Phi) is 2.82.